The monoisotopic (exact) mass is 1150 g/mol. The molecule has 0 spiro atoms. The van der Waals surface area contributed by atoms with E-state index in [1.807, 2.05) is 51.2 Å². The second-order valence-electron chi connectivity index (χ2n) is 22.6. The van der Waals surface area contributed by atoms with Crippen molar-refractivity contribution >= 4 is 29.5 Å². The maximum Gasteiger partial charge on any atom is 0.407 e. The number of aliphatic hydroxyl groups excluding tert-OH is 3. The van der Waals surface area contributed by atoms with E-state index in [1.165, 1.54) is 7.11 Å². The van der Waals surface area contributed by atoms with Gasteiger partial charge in [-0.15, -0.1) is 0 Å². The number of amides is 2. The molecule has 81 heavy (non-hydrogen) atoms. The van der Waals surface area contributed by atoms with Crippen LogP contribution >= 0.6 is 0 Å². The molecule has 0 aromatic carbocycles. The Morgan fingerprint density at radius 2 is 1.47 bits per heavy atom. The summed E-state index contributed by atoms with van der Waals surface area (Å²) in [4.78, 5) is 72.3. The number of nitrogens with one attached hydrogen (secondary N) is 1. The molecule has 4 rings (SSSR count). The van der Waals surface area contributed by atoms with Gasteiger partial charge in [-0.05, 0) is 108 Å². The molecular weight excluding hydrogens is 1050 g/mol. The zero-order valence-electron chi connectivity index (χ0n) is 49.7. The van der Waals surface area contributed by atoms with Gasteiger partial charge in [-0.2, -0.15) is 0 Å². The lowest BCUT2D eigenvalue weighted by Crippen LogP contribution is -2.61. The summed E-state index contributed by atoms with van der Waals surface area (Å²) < 4.78 is 52.1. The number of nitrogens with two attached hydrogens (primary N) is 1. The smallest absolute Gasteiger partial charge is 0.407 e. The van der Waals surface area contributed by atoms with Gasteiger partial charge in [0.2, 0.25) is 5.79 Å². The van der Waals surface area contributed by atoms with Gasteiger partial charge in [0.15, 0.2) is 5.78 Å². The number of allylic oxidation sites excluding steroid dienone is 5. The highest BCUT2D eigenvalue weighted by Gasteiger charge is 2.53. The molecule has 4 aliphatic rings. The average molecular weight is 1150 g/mol. The molecule has 2 amide bonds. The summed E-state index contributed by atoms with van der Waals surface area (Å²) in [5.41, 5.74) is 8.13. The number of fused-ring (bicyclic) bond motifs is 3. The van der Waals surface area contributed by atoms with Crippen molar-refractivity contribution in [1.29, 1.82) is 0 Å². The third-order valence-corrected chi connectivity index (χ3v) is 16.2. The number of ether oxygens (including phenoxy) is 9. The lowest BCUT2D eigenvalue weighted by Gasteiger charge is -2.43. The Kier molecular flexibility index (Phi) is 30.9. The van der Waals surface area contributed by atoms with Crippen molar-refractivity contribution in [2.24, 2.45) is 35.3 Å². The highest BCUT2D eigenvalue weighted by atomic mass is 16.6. The van der Waals surface area contributed by atoms with Gasteiger partial charge in [-0.3, -0.25) is 14.4 Å². The minimum atomic E-state index is -2.50. The van der Waals surface area contributed by atoms with Crippen LogP contribution in [0.15, 0.2) is 47.6 Å². The van der Waals surface area contributed by atoms with Crippen molar-refractivity contribution in [2.45, 2.75) is 192 Å². The van der Waals surface area contributed by atoms with Crippen molar-refractivity contribution in [3.63, 3.8) is 0 Å². The maximum atomic E-state index is 14.8. The number of piperidine rings is 1. The summed E-state index contributed by atoms with van der Waals surface area (Å²) in [6, 6.07) is -2.17. The zero-order valence-corrected chi connectivity index (χ0v) is 49.7. The summed E-state index contributed by atoms with van der Waals surface area (Å²) in [6.07, 6.45) is 6.32. The molecule has 0 aromatic heterocycles. The van der Waals surface area contributed by atoms with E-state index in [0.29, 0.717) is 97.4 Å². The molecule has 2 bridgehead atoms. The SMILES string of the molecule is CCOCCOCCOCCOCCNC(=O)O[C@@H]1C[C@@H]([C@H](N)C[C@@H]2CC[C@@H](O)[C@H](OC)C2)OC(=O)[C@@H]2CCCCN2C(=O)C(=O)[C@]2(O)O[C@@H](CC[C@H]2C)C[C@H](OC)/C(C)=C/C=C/C=C/[C@@H](C)C[C@@H](C)C(=O)[C@H](O)[C@H](O)/C(C)=C/[C@H]1C. The molecule has 3 aliphatic heterocycles. The normalized spacial score (nSPS) is 35.6. The number of hydrogen-bond acceptors (Lipinski definition) is 19. The standard InChI is InChI=1S/C60H99N3O18/c1-10-75-26-27-77-30-31-78-29-28-76-25-23-62-59(71)80-50-37-51(46(61)34-44-20-22-48(64)52(35-44)74-9)79-58(70)47-18-14-15-24-63(47)57(69)56(68)60(72)43(7)19-21-45(81-60)36-49(73-8)39(3)17-13-11-12-16-38(2)32-41(5)53(65)55(67)54(66)42(6)33-40(50)4/h11-13,16-17,33,38,40-41,43-52,54-55,64,66-67,72H,10,14-15,18-32,34-37,61H2,1-9H3,(H,62,71)/b13-11+,16-12+,39-17+,42-33+/t38-,40-,41-,43-,44+,45+,46-,47+,48-,49+,50-,51+,52-,54-,55+,60-/m1/s1. The second-order valence-corrected chi connectivity index (χ2v) is 22.6. The van der Waals surface area contributed by atoms with Gasteiger partial charge < -0.3 is 79.0 Å². The molecule has 3 heterocycles. The Bertz CT molecular complexity index is 2070. The molecule has 0 unspecified atom stereocenters. The molecular formula is C60H99N3O18. The van der Waals surface area contributed by atoms with E-state index in [4.69, 9.17) is 48.4 Å². The number of aliphatic hydroxyl groups is 4. The highest BCUT2D eigenvalue weighted by molar-refractivity contribution is 6.39. The third kappa shape index (κ3) is 22.2. The molecule has 0 aromatic rings. The number of Topliss-reactive ketones (excluding diaryl/α,β-unsaturated/α-hetero) is 2. The van der Waals surface area contributed by atoms with Crippen molar-refractivity contribution in [1.82, 2.24) is 10.2 Å². The Morgan fingerprint density at radius 3 is 2.14 bits per heavy atom. The van der Waals surface area contributed by atoms with E-state index >= 15 is 0 Å². The van der Waals surface area contributed by atoms with E-state index in [9.17, 15) is 44.4 Å². The lowest BCUT2D eigenvalue weighted by molar-refractivity contribution is -0.265. The van der Waals surface area contributed by atoms with E-state index in [-0.39, 0.29) is 63.0 Å². The number of cyclic esters (lactones) is 1. The maximum absolute atomic E-state index is 14.8. The Morgan fingerprint density at radius 1 is 0.790 bits per heavy atom. The minimum Gasteiger partial charge on any atom is -0.459 e. The zero-order chi connectivity index (χ0) is 59.6. The molecule has 462 valence electrons. The Balaban J connectivity index is 1.69. The summed E-state index contributed by atoms with van der Waals surface area (Å²) >= 11 is 0. The molecule has 7 N–H and O–H groups in total. The average Bonchev–Trinajstić information content (AvgIpc) is 3.58. The van der Waals surface area contributed by atoms with Crippen LogP contribution in [0.3, 0.4) is 0 Å². The molecule has 16 atom stereocenters. The fourth-order valence-corrected chi connectivity index (χ4v) is 11.2. The van der Waals surface area contributed by atoms with E-state index in [0.717, 1.165) is 10.5 Å². The lowest BCUT2D eigenvalue weighted by atomic mass is 9.80. The van der Waals surface area contributed by atoms with Crippen LogP contribution in [0.25, 0.3) is 0 Å². The first-order chi connectivity index (χ1) is 38.6. The van der Waals surface area contributed by atoms with Gasteiger partial charge in [0.1, 0.15) is 30.5 Å². The van der Waals surface area contributed by atoms with Gasteiger partial charge >= 0.3 is 12.1 Å². The van der Waals surface area contributed by atoms with Crippen LogP contribution in [0.1, 0.15) is 126 Å². The van der Waals surface area contributed by atoms with Crippen LogP contribution in [-0.2, 0) is 61.8 Å². The summed E-state index contributed by atoms with van der Waals surface area (Å²) in [5.74, 6) is -8.51. The summed E-state index contributed by atoms with van der Waals surface area (Å²) in [7, 11) is 3.08. The minimum absolute atomic E-state index is 0.0126. The molecule has 2 saturated heterocycles. The van der Waals surface area contributed by atoms with Crippen LogP contribution in [0.2, 0.25) is 0 Å². The molecule has 1 saturated carbocycles. The van der Waals surface area contributed by atoms with Gasteiger partial charge in [-0.1, -0.05) is 64.2 Å². The van der Waals surface area contributed by atoms with E-state index in [1.54, 1.807) is 40.9 Å². The van der Waals surface area contributed by atoms with Crippen LogP contribution < -0.4 is 11.1 Å². The number of methoxy groups -OCH3 is 2. The topological polar surface area (TPSA) is 291 Å². The van der Waals surface area contributed by atoms with Crippen molar-refractivity contribution in [3.8, 4) is 0 Å². The summed E-state index contributed by atoms with van der Waals surface area (Å²) in [6.45, 7) is 15.4. The van der Waals surface area contributed by atoms with Crippen molar-refractivity contribution in [3.05, 3.63) is 47.6 Å². The Hall–Kier alpha value is -3.97. The first-order valence-corrected chi connectivity index (χ1v) is 29.5. The number of carbonyl (C=O) groups excluding carboxylic acids is 5. The molecule has 21 nitrogen and oxygen atoms in total. The second kappa shape index (κ2) is 36.0. The predicted octanol–water partition coefficient (Wildman–Crippen LogP) is 4.83. The largest absolute Gasteiger partial charge is 0.459 e. The highest BCUT2D eigenvalue weighted by Crippen LogP contribution is 2.37. The number of nitrogens with zero attached hydrogens (tertiary/aromatic N) is 1. The van der Waals surface area contributed by atoms with E-state index in [2.05, 4.69) is 5.32 Å². The van der Waals surface area contributed by atoms with Crippen molar-refractivity contribution in [2.75, 3.05) is 80.2 Å². The molecule has 1 aliphatic carbocycles. The van der Waals surface area contributed by atoms with Crippen LogP contribution in [0, 0.1) is 29.6 Å². The number of rotatable bonds is 19. The van der Waals surface area contributed by atoms with Crippen LogP contribution in [0.5, 0.6) is 0 Å². The van der Waals surface area contributed by atoms with Gasteiger partial charge in [0.05, 0.1) is 70.7 Å². The van der Waals surface area contributed by atoms with Gasteiger partial charge in [0.25, 0.3) is 11.7 Å². The predicted molar refractivity (Wildman–Crippen MR) is 301 cm³/mol. The van der Waals surface area contributed by atoms with Gasteiger partial charge in [-0.25, -0.2) is 9.59 Å². The fourth-order valence-electron chi connectivity index (χ4n) is 11.2. The number of hydrogen-bond donors (Lipinski definition) is 6. The number of alkyl carbamates (subject to hydrolysis) is 1. The molecule has 3 fully saturated rings. The third-order valence-electron chi connectivity index (χ3n) is 16.2. The first-order valence-electron chi connectivity index (χ1n) is 29.5. The first kappa shape index (κ1) is 69.5. The summed E-state index contributed by atoms with van der Waals surface area (Å²) in [5, 5.41) is 48.3. The van der Waals surface area contributed by atoms with Gasteiger partial charge in [0, 0.05) is 70.6 Å². The van der Waals surface area contributed by atoms with Crippen LogP contribution in [0.4, 0.5) is 4.79 Å². The van der Waals surface area contributed by atoms with E-state index < -0.39 is 114 Å². The quantitative estimate of drug-likeness (QED) is 0.0437. The fraction of sp³-hybridized carbons (Fsp3) is 0.783. The number of esters is 1. The Labute approximate surface area is 480 Å². The molecule has 0 radical (unpaired) electrons. The number of ketones is 2. The molecule has 21 heteroatoms. The van der Waals surface area contributed by atoms with Crippen LogP contribution in [-0.4, -0.2) is 202 Å². The van der Waals surface area contributed by atoms with Crippen molar-refractivity contribution < 1.29 is 87.0 Å². The number of carbonyl (C=O) groups is 5.